The fraction of sp³-hybridized carbons (Fsp3) is 0.524. The van der Waals surface area contributed by atoms with Crippen molar-refractivity contribution in [3.63, 3.8) is 0 Å². The second kappa shape index (κ2) is 8.87. The summed E-state index contributed by atoms with van der Waals surface area (Å²) >= 11 is 0. The first-order chi connectivity index (χ1) is 14.4. The molecule has 1 amide bonds. The normalized spacial score (nSPS) is 20.9. The lowest BCUT2D eigenvalue weighted by atomic mass is 10.1. The van der Waals surface area contributed by atoms with Gasteiger partial charge in [0.05, 0.1) is 16.6 Å². The summed E-state index contributed by atoms with van der Waals surface area (Å²) in [4.78, 5) is 27.7. The van der Waals surface area contributed by atoms with E-state index in [1.807, 2.05) is 0 Å². The first-order valence-electron chi connectivity index (χ1n) is 10.5. The number of sulfonamides is 1. The van der Waals surface area contributed by atoms with Gasteiger partial charge in [0.2, 0.25) is 15.6 Å². The van der Waals surface area contributed by atoms with E-state index in [0.29, 0.717) is 37.1 Å². The minimum Gasteiger partial charge on any atom is -0.376 e. The Hall–Kier alpha value is -2.23. The average Bonchev–Trinajstić information content (AvgIpc) is 3.10. The maximum absolute atomic E-state index is 13.2. The fourth-order valence-electron chi connectivity index (χ4n) is 4.12. The molecular weight excluding hydrogens is 406 g/mol. The van der Waals surface area contributed by atoms with Crippen LogP contribution in [-0.2, 0) is 14.8 Å². The zero-order valence-corrected chi connectivity index (χ0v) is 17.7. The molecule has 4 rings (SSSR count). The van der Waals surface area contributed by atoms with Gasteiger partial charge >= 0.3 is 0 Å². The van der Waals surface area contributed by atoms with Crippen molar-refractivity contribution >= 4 is 26.8 Å². The number of aromatic amines is 1. The maximum Gasteiger partial charge on any atom is 0.252 e. The third-order valence-corrected chi connectivity index (χ3v) is 7.67. The lowest BCUT2D eigenvalue weighted by Crippen LogP contribution is -2.33. The van der Waals surface area contributed by atoms with Crippen LogP contribution in [0.3, 0.4) is 0 Å². The molecule has 1 atom stereocenters. The van der Waals surface area contributed by atoms with Crippen molar-refractivity contribution in [3.8, 4) is 0 Å². The minimum atomic E-state index is -3.67. The zero-order chi connectivity index (χ0) is 21.1. The van der Waals surface area contributed by atoms with E-state index in [-0.39, 0.29) is 16.6 Å². The molecule has 8 nitrogen and oxygen atoms in total. The molecule has 0 bridgehead atoms. The Morgan fingerprint density at radius 1 is 1.13 bits per heavy atom. The molecule has 2 fully saturated rings. The van der Waals surface area contributed by atoms with Crippen LogP contribution in [0.2, 0.25) is 0 Å². The Balaban J connectivity index is 1.67. The quantitative estimate of drug-likeness (QED) is 0.750. The lowest BCUT2D eigenvalue weighted by Gasteiger charge is -2.20. The Morgan fingerprint density at radius 3 is 2.60 bits per heavy atom. The number of pyridine rings is 1. The van der Waals surface area contributed by atoms with Crippen LogP contribution >= 0.6 is 0 Å². The van der Waals surface area contributed by atoms with E-state index in [1.165, 1.54) is 22.5 Å². The highest BCUT2D eigenvalue weighted by atomic mass is 32.2. The molecule has 9 heteroatoms. The zero-order valence-electron chi connectivity index (χ0n) is 16.9. The van der Waals surface area contributed by atoms with Gasteiger partial charge in [0.15, 0.2) is 0 Å². The largest absolute Gasteiger partial charge is 0.376 e. The maximum atomic E-state index is 13.2. The van der Waals surface area contributed by atoms with Gasteiger partial charge in [-0.1, -0.05) is 12.8 Å². The molecule has 162 valence electrons. The Morgan fingerprint density at radius 2 is 1.90 bits per heavy atom. The van der Waals surface area contributed by atoms with Crippen molar-refractivity contribution in [2.75, 3.05) is 26.2 Å². The molecule has 1 unspecified atom stereocenters. The average molecular weight is 434 g/mol. The SMILES string of the molecule is O=C(NCC1CCCO1)c1cc(=O)[nH]c2ccc(S(=O)(=O)N3CCCCCC3)cc12. The summed E-state index contributed by atoms with van der Waals surface area (Å²) in [6.07, 6.45) is 5.57. The number of hydrogen-bond acceptors (Lipinski definition) is 5. The van der Waals surface area contributed by atoms with Crippen LogP contribution in [0.25, 0.3) is 10.9 Å². The van der Waals surface area contributed by atoms with Crippen LogP contribution in [0, 0.1) is 0 Å². The third kappa shape index (κ3) is 4.43. The number of aromatic nitrogens is 1. The van der Waals surface area contributed by atoms with Gasteiger partial charge in [-0.25, -0.2) is 8.42 Å². The summed E-state index contributed by atoms with van der Waals surface area (Å²) in [6.45, 7) is 2.05. The van der Waals surface area contributed by atoms with Gasteiger partial charge < -0.3 is 15.0 Å². The van der Waals surface area contributed by atoms with Gasteiger partial charge in [-0.2, -0.15) is 4.31 Å². The molecular formula is C21H27N3O5S. The highest BCUT2D eigenvalue weighted by Crippen LogP contribution is 2.25. The van der Waals surface area contributed by atoms with Crippen molar-refractivity contribution in [2.45, 2.75) is 49.5 Å². The van der Waals surface area contributed by atoms with Crippen LogP contribution in [0.15, 0.2) is 34.0 Å². The molecule has 0 radical (unpaired) electrons. The van der Waals surface area contributed by atoms with E-state index in [1.54, 1.807) is 6.07 Å². The number of H-pyrrole nitrogens is 1. The van der Waals surface area contributed by atoms with E-state index in [0.717, 1.165) is 38.5 Å². The topological polar surface area (TPSA) is 109 Å². The molecule has 0 saturated carbocycles. The Kier molecular flexibility index (Phi) is 6.21. The molecule has 0 aliphatic carbocycles. The van der Waals surface area contributed by atoms with Crippen molar-refractivity contribution in [3.05, 3.63) is 40.2 Å². The molecule has 1 aromatic heterocycles. The van der Waals surface area contributed by atoms with Crippen LogP contribution in [0.4, 0.5) is 0 Å². The van der Waals surface area contributed by atoms with E-state index in [9.17, 15) is 18.0 Å². The number of hydrogen-bond donors (Lipinski definition) is 2. The fourth-order valence-corrected chi connectivity index (χ4v) is 5.66. The van der Waals surface area contributed by atoms with Crippen LogP contribution in [0.1, 0.15) is 48.9 Å². The third-order valence-electron chi connectivity index (χ3n) is 5.78. The molecule has 2 aliphatic heterocycles. The highest BCUT2D eigenvalue weighted by molar-refractivity contribution is 7.89. The summed E-state index contributed by atoms with van der Waals surface area (Å²) in [5.74, 6) is -0.411. The summed E-state index contributed by atoms with van der Waals surface area (Å²) in [6, 6.07) is 5.76. The molecule has 2 aliphatic rings. The van der Waals surface area contributed by atoms with Gasteiger partial charge in [0, 0.05) is 43.2 Å². The number of ether oxygens (including phenoxy) is 1. The van der Waals surface area contributed by atoms with Crippen LogP contribution in [-0.4, -0.2) is 56.0 Å². The van der Waals surface area contributed by atoms with E-state index in [2.05, 4.69) is 10.3 Å². The summed E-state index contributed by atoms with van der Waals surface area (Å²) in [7, 11) is -3.67. The number of benzene rings is 1. The number of rotatable bonds is 5. The van der Waals surface area contributed by atoms with Gasteiger partial charge in [-0.3, -0.25) is 9.59 Å². The molecule has 0 spiro atoms. The van der Waals surface area contributed by atoms with E-state index in [4.69, 9.17) is 4.74 Å². The van der Waals surface area contributed by atoms with Crippen LogP contribution < -0.4 is 10.9 Å². The van der Waals surface area contributed by atoms with Gasteiger partial charge in [-0.05, 0) is 43.9 Å². The molecule has 1 aromatic carbocycles. The molecule has 3 heterocycles. The monoisotopic (exact) mass is 433 g/mol. The van der Waals surface area contributed by atoms with E-state index >= 15 is 0 Å². The highest BCUT2D eigenvalue weighted by Gasteiger charge is 2.26. The molecule has 2 aromatic rings. The number of nitrogens with zero attached hydrogens (tertiary/aromatic N) is 1. The molecule has 30 heavy (non-hydrogen) atoms. The van der Waals surface area contributed by atoms with Crippen LogP contribution in [0.5, 0.6) is 0 Å². The van der Waals surface area contributed by atoms with Crippen molar-refractivity contribution in [1.29, 1.82) is 0 Å². The number of carbonyl (C=O) groups excluding carboxylic acids is 1. The second-order valence-corrected chi connectivity index (χ2v) is 9.86. The summed E-state index contributed by atoms with van der Waals surface area (Å²) in [5.41, 5.74) is 0.187. The smallest absolute Gasteiger partial charge is 0.252 e. The molecule has 2 saturated heterocycles. The second-order valence-electron chi connectivity index (χ2n) is 7.92. The molecule has 2 N–H and O–H groups in total. The Bertz CT molecular complexity index is 1080. The predicted molar refractivity (Wildman–Crippen MR) is 113 cm³/mol. The summed E-state index contributed by atoms with van der Waals surface area (Å²) < 4.78 is 33.4. The minimum absolute atomic E-state index is 0.0267. The lowest BCUT2D eigenvalue weighted by molar-refractivity contribution is 0.0859. The summed E-state index contributed by atoms with van der Waals surface area (Å²) in [5, 5.41) is 3.23. The predicted octanol–water partition coefficient (Wildman–Crippen LogP) is 2.00. The first kappa shape index (κ1) is 21.0. The number of carbonyl (C=O) groups is 1. The van der Waals surface area contributed by atoms with Crippen molar-refractivity contribution in [2.24, 2.45) is 0 Å². The van der Waals surface area contributed by atoms with Gasteiger partial charge in [0.1, 0.15) is 0 Å². The standard InChI is InChI=1S/C21H27N3O5S/c25-20-13-18(21(26)22-14-15-6-5-11-29-15)17-12-16(7-8-19(17)23-20)30(27,28)24-9-3-1-2-4-10-24/h7-8,12-13,15H,1-6,9-11,14H2,(H,22,26)(H,23,25). The van der Waals surface area contributed by atoms with Gasteiger partial charge in [0.25, 0.3) is 5.91 Å². The van der Waals surface area contributed by atoms with Crippen molar-refractivity contribution in [1.82, 2.24) is 14.6 Å². The van der Waals surface area contributed by atoms with E-state index < -0.39 is 21.5 Å². The first-order valence-corrected chi connectivity index (χ1v) is 12.0. The Labute approximate surface area is 175 Å². The van der Waals surface area contributed by atoms with Gasteiger partial charge in [-0.15, -0.1) is 0 Å². The number of nitrogens with one attached hydrogen (secondary N) is 2. The van der Waals surface area contributed by atoms with Crippen molar-refractivity contribution < 1.29 is 17.9 Å². The number of fused-ring (bicyclic) bond motifs is 1. The number of amides is 1.